The summed E-state index contributed by atoms with van der Waals surface area (Å²) in [5.74, 6) is -0.0586. The van der Waals surface area contributed by atoms with Gasteiger partial charge in [-0.2, -0.15) is 8.42 Å². The van der Waals surface area contributed by atoms with Crippen LogP contribution in [0.1, 0.15) is 89.5 Å². The van der Waals surface area contributed by atoms with Gasteiger partial charge in [-0.25, -0.2) is 0 Å². The molecule has 2 aromatic rings. The molecule has 0 amide bonds. The van der Waals surface area contributed by atoms with E-state index >= 15 is 0 Å². The van der Waals surface area contributed by atoms with Crippen LogP contribution in [0.4, 0.5) is 0 Å². The van der Waals surface area contributed by atoms with Crippen LogP contribution in [0.15, 0.2) is 47.4 Å². The van der Waals surface area contributed by atoms with Crippen LogP contribution >= 0.6 is 0 Å². The Labute approximate surface area is 222 Å². The third-order valence-electron chi connectivity index (χ3n) is 5.63. The van der Waals surface area contributed by atoms with Crippen LogP contribution in [0.3, 0.4) is 0 Å². The van der Waals surface area contributed by atoms with E-state index in [1.54, 1.807) is 30.3 Å². The van der Waals surface area contributed by atoms with Gasteiger partial charge in [0.1, 0.15) is 16.4 Å². The summed E-state index contributed by atoms with van der Waals surface area (Å²) >= 11 is 0. The topological polar surface area (TPSA) is 86.7 Å². The molecule has 2 aromatic carbocycles. The van der Waals surface area contributed by atoms with Crippen molar-refractivity contribution < 1.29 is 52.4 Å². The molecule has 0 atom stereocenters. The molecule has 0 unspecified atom stereocenters. The van der Waals surface area contributed by atoms with Gasteiger partial charge in [0.25, 0.3) is 10.1 Å². The summed E-state index contributed by atoms with van der Waals surface area (Å²) in [6, 6.07) is 11.0. The van der Waals surface area contributed by atoms with E-state index in [9.17, 15) is 18.1 Å². The molecule has 0 aliphatic heterocycles. The van der Waals surface area contributed by atoms with Gasteiger partial charge in [-0.1, -0.05) is 102 Å². The van der Waals surface area contributed by atoms with E-state index in [2.05, 4.69) is 6.92 Å². The Hall–Kier alpha value is -1.05. The van der Waals surface area contributed by atoms with Crippen LogP contribution in [-0.2, 0) is 16.5 Å². The SMILES string of the molecule is CCCCCCCCCCCCCCc1cc([O-])cc(Oc2ccccc2)c1S(=O)(=O)O.[Na+]. The first-order chi connectivity index (χ1) is 15.4. The summed E-state index contributed by atoms with van der Waals surface area (Å²) < 4.78 is 39.6. The Morgan fingerprint density at radius 2 is 1.33 bits per heavy atom. The van der Waals surface area contributed by atoms with E-state index in [1.807, 2.05) is 0 Å². The third kappa shape index (κ3) is 11.8. The first-order valence-electron chi connectivity index (χ1n) is 12.0. The Morgan fingerprint density at radius 3 is 1.85 bits per heavy atom. The molecule has 1 N–H and O–H groups in total. The Morgan fingerprint density at radius 1 is 0.818 bits per heavy atom. The molecule has 33 heavy (non-hydrogen) atoms. The number of ether oxygens (including phenoxy) is 1. The average molecular weight is 485 g/mol. The van der Waals surface area contributed by atoms with Gasteiger partial charge in [0.15, 0.2) is 0 Å². The standard InChI is InChI=1S/C26H38O5S.Na/c1-2-3-4-5-6-7-8-9-10-11-12-14-17-22-20-23(27)21-25(26(22)32(28,29)30)31-24-18-15-13-16-19-24;/h13,15-16,18-21,27H,2-12,14,17H2,1H3,(H,28,29,30);/q;+1/p-1. The zero-order valence-corrected chi connectivity index (χ0v) is 23.0. The van der Waals surface area contributed by atoms with Crippen LogP contribution < -0.4 is 39.4 Å². The van der Waals surface area contributed by atoms with Crippen molar-refractivity contribution in [2.75, 3.05) is 0 Å². The fraction of sp³-hybridized carbons (Fsp3) is 0.538. The fourth-order valence-corrected chi connectivity index (χ4v) is 4.81. The van der Waals surface area contributed by atoms with Gasteiger partial charge in [0, 0.05) is 0 Å². The number of aryl methyl sites for hydroxylation is 1. The molecule has 0 aliphatic rings. The molecular weight excluding hydrogens is 447 g/mol. The molecule has 0 aromatic heterocycles. The van der Waals surface area contributed by atoms with E-state index < -0.39 is 10.1 Å². The van der Waals surface area contributed by atoms with E-state index in [4.69, 9.17) is 4.74 Å². The normalized spacial score (nSPS) is 11.2. The van der Waals surface area contributed by atoms with Crippen LogP contribution in [0, 0.1) is 0 Å². The Kier molecular flexibility index (Phi) is 15.0. The second-order valence-electron chi connectivity index (χ2n) is 8.44. The van der Waals surface area contributed by atoms with Crippen LogP contribution in [-0.4, -0.2) is 13.0 Å². The third-order valence-corrected chi connectivity index (χ3v) is 6.61. The Bertz CT molecular complexity index is 900. The summed E-state index contributed by atoms with van der Waals surface area (Å²) in [5, 5.41) is 12.1. The second-order valence-corrected chi connectivity index (χ2v) is 9.80. The maximum absolute atomic E-state index is 12.1. The zero-order valence-electron chi connectivity index (χ0n) is 20.2. The smallest absolute Gasteiger partial charge is 0.872 e. The van der Waals surface area contributed by atoms with Crippen molar-refractivity contribution in [1.82, 2.24) is 0 Å². The van der Waals surface area contributed by atoms with Gasteiger partial charge in [-0.3, -0.25) is 4.55 Å². The molecule has 5 nitrogen and oxygen atoms in total. The molecule has 0 radical (unpaired) electrons. The van der Waals surface area contributed by atoms with Crippen molar-refractivity contribution >= 4 is 10.1 Å². The molecule has 0 aliphatic carbocycles. The molecule has 178 valence electrons. The minimum Gasteiger partial charge on any atom is -0.872 e. The minimum absolute atomic E-state index is 0. The molecular formula is C26H37NaO5S. The van der Waals surface area contributed by atoms with Crippen molar-refractivity contribution in [3.05, 3.63) is 48.0 Å². The summed E-state index contributed by atoms with van der Waals surface area (Å²) in [5.41, 5.74) is 0.318. The largest absolute Gasteiger partial charge is 1.00 e. The summed E-state index contributed by atoms with van der Waals surface area (Å²) in [7, 11) is -4.53. The molecule has 0 fully saturated rings. The maximum atomic E-state index is 12.1. The van der Waals surface area contributed by atoms with Gasteiger partial charge in [0.2, 0.25) is 0 Å². The fourth-order valence-electron chi connectivity index (χ4n) is 3.96. The number of unbranched alkanes of at least 4 members (excludes halogenated alkanes) is 11. The van der Waals surface area contributed by atoms with E-state index in [-0.39, 0.29) is 46.0 Å². The van der Waals surface area contributed by atoms with Crippen molar-refractivity contribution in [3.63, 3.8) is 0 Å². The molecule has 7 heteroatoms. The summed E-state index contributed by atoms with van der Waals surface area (Å²) in [4.78, 5) is -0.302. The van der Waals surface area contributed by atoms with Crippen molar-refractivity contribution in [2.24, 2.45) is 0 Å². The van der Waals surface area contributed by atoms with Gasteiger partial charge in [-0.15, -0.1) is 5.75 Å². The second kappa shape index (κ2) is 16.6. The maximum Gasteiger partial charge on any atom is 1.00 e. The molecule has 0 saturated carbocycles. The van der Waals surface area contributed by atoms with Crippen LogP contribution in [0.5, 0.6) is 17.2 Å². The van der Waals surface area contributed by atoms with Crippen molar-refractivity contribution in [2.45, 2.75) is 95.3 Å². The molecule has 0 heterocycles. The van der Waals surface area contributed by atoms with Gasteiger partial charge in [-0.05, 0) is 36.6 Å². The molecule has 0 bridgehead atoms. The number of rotatable bonds is 16. The Balaban J connectivity index is 0.00000544. The predicted octanol–water partition coefficient (Wildman–Crippen LogP) is 4.05. The zero-order chi connectivity index (χ0) is 23.2. The number of hydrogen-bond donors (Lipinski definition) is 1. The first-order valence-corrected chi connectivity index (χ1v) is 13.4. The minimum atomic E-state index is -4.53. The van der Waals surface area contributed by atoms with E-state index in [0.29, 0.717) is 17.7 Å². The van der Waals surface area contributed by atoms with Gasteiger partial charge in [0.05, 0.1) is 0 Å². The average Bonchev–Trinajstić information content (AvgIpc) is 2.74. The number of para-hydroxylation sites is 1. The van der Waals surface area contributed by atoms with Gasteiger partial charge >= 0.3 is 29.6 Å². The summed E-state index contributed by atoms with van der Waals surface area (Å²) in [6.07, 6.45) is 14.8. The summed E-state index contributed by atoms with van der Waals surface area (Å²) in [6.45, 7) is 2.23. The number of benzene rings is 2. The molecule has 2 rings (SSSR count). The predicted molar refractivity (Wildman–Crippen MR) is 127 cm³/mol. The van der Waals surface area contributed by atoms with Gasteiger partial charge < -0.3 is 9.84 Å². The van der Waals surface area contributed by atoms with Crippen molar-refractivity contribution in [1.29, 1.82) is 0 Å². The van der Waals surface area contributed by atoms with E-state index in [1.165, 1.54) is 63.9 Å². The monoisotopic (exact) mass is 484 g/mol. The quantitative estimate of drug-likeness (QED) is 0.221. The van der Waals surface area contributed by atoms with Crippen LogP contribution in [0.25, 0.3) is 0 Å². The molecule has 0 saturated heterocycles. The van der Waals surface area contributed by atoms with Crippen molar-refractivity contribution in [3.8, 4) is 17.2 Å². The van der Waals surface area contributed by atoms with E-state index in [0.717, 1.165) is 25.3 Å². The molecule has 0 spiro atoms. The number of hydrogen-bond acceptors (Lipinski definition) is 4. The van der Waals surface area contributed by atoms with Crippen LogP contribution in [0.2, 0.25) is 0 Å². The first kappa shape index (κ1) is 30.0.